The molecule has 0 unspecified atom stereocenters. The Labute approximate surface area is 101 Å². The Morgan fingerprint density at radius 3 is 2.76 bits per heavy atom. The van der Waals surface area contributed by atoms with Crippen molar-refractivity contribution in [2.24, 2.45) is 0 Å². The van der Waals surface area contributed by atoms with E-state index in [0.29, 0.717) is 12.3 Å². The first kappa shape index (κ1) is 11.5. The van der Waals surface area contributed by atoms with Gasteiger partial charge in [0.25, 0.3) is 0 Å². The molecule has 2 rings (SSSR count). The highest BCUT2D eigenvalue weighted by atomic mass is 16.5. The Kier molecular flexibility index (Phi) is 3.28. The summed E-state index contributed by atoms with van der Waals surface area (Å²) in [5, 5.41) is 0. The van der Waals surface area contributed by atoms with Gasteiger partial charge in [0.15, 0.2) is 0 Å². The number of pyridine rings is 1. The van der Waals surface area contributed by atoms with Crippen LogP contribution in [0, 0.1) is 6.92 Å². The van der Waals surface area contributed by atoms with Gasteiger partial charge in [0.1, 0.15) is 5.75 Å². The van der Waals surface area contributed by atoms with E-state index in [1.54, 1.807) is 0 Å². The lowest BCUT2D eigenvalue weighted by Crippen LogP contribution is -1.94. The number of hydrogen-bond acceptors (Lipinski definition) is 3. The fraction of sp³-hybridized carbons (Fsp3) is 0.214. The van der Waals surface area contributed by atoms with Crippen molar-refractivity contribution in [3.63, 3.8) is 0 Å². The van der Waals surface area contributed by atoms with Gasteiger partial charge < -0.3 is 10.5 Å². The minimum atomic E-state index is 0.664. The third-order valence-electron chi connectivity index (χ3n) is 2.60. The molecule has 0 saturated carbocycles. The van der Waals surface area contributed by atoms with E-state index in [1.165, 1.54) is 0 Å². The second kappa shape index (κ2) is 4.87. The van der Waals surface area contributed by atoms with Gasteiger partial charge in [0.2, 0.25) is 0 Å². The predicted molar refractivity (Wildman–Crippen MR) is 70.0 cm³/mol. The first-order chi connectivity index (χ1) is 8.20. The lowest BCUT2D eigenvalue weighted by atomic mass is 10.1. The molecule has 0 radical (unpaired) electrons. The first-order valence-electron chi connectivity index (χ1n) is 5.66. The fourth-order valence-corrected chi connectivity index (χ4v) is 1.64. The van der Waals surface area contributed by atoms with Crippen LogP contribution in [0.5, 0.6) is 5.75 Å². The molecule has 17 heavy (non-hydrogen) atoms. The number of nitrogen functional groups attached to an aromatic ring is 1. The molecule has 0 bridgehead atoms. The summed E-state index contributed by atoms with van der Waals surface area (Å²) in [7, 11) is 0. The summed E-state index contributed by atoms with van der Waals surface area (Å²) in [6.45, 7) is 4.53. The van der Waals surface area contributed by atoms with Gasteiger partial charge >= 0.3 is 0 Å². The van der Waals surface area contributed by atoms with E-state index in [-0.39, 0.29) is 0 Å². The summed E-state index contributed by atoms with van der Waals surface area (Å²) in [5.74, 6) is 0.865. The number of aryl methyl sites for hydroxylation is 1. The third kappa shape index (κ3) is 2.56. The van der Waals surface area contributed by atoms with Crippen LogP contribution in [0.25, 0.3) is 11.1 Å². The van der Waals surface area contributed by atoms with E-state index < -0.39 is 0 Å². The Morgan fingerprint density at radius 2 is 2.06 bits per heavy atom. The van der Waals surface area contributed by atoms with Crippen molar-refractivity contribution in [2.75, 3.05) is 12.3 Å². The van der Waals surface area contributed by atoms with Crippen molar-refractivity contribution in [1.29, 1.82) is 0 Å². The average Bonchev–Trinajstić information content (AvgIpc) is 2.33. The standard InChI is InChI=1S/C14H16N2O/c1-3-17-13-6-4-5-11(7-13)12-8-14(15)10(2)16-9-12/h4-9H,3,15H2,1-2H3. The summed E-state index contributed by atoms with van der Waals surface area (Å²) in [6.07, 6.45) is 1.83. The Morgan fingerprint density at radius 1 is 1.24 bits per heavy atom. The molecule has 0 aliphatic heterocycles. The molecule has 0 saturated heterocycles. The monoisotopic (exact) mass is 228 g/mol. The van der Waals surface area contributed by atoms with Gasteiger partial charge in [-0.2, -0.15) is 0 Å². The van der Waals surface area contributed by atoms with Gasteiger partial charge in [-0.15, -0.1) is 0 Å². The van der Waals surface area contributed by atoms with Crippen LogP contribution >= 0.6 is 0 Å². The molecule has 88 valence electrons. The molecule has 1 aromatic carbocycles. The van der Waals surface area contributed by atoms with Crippen molar-refractivity contribution >= 4 is 5.69 Å². The van der Waals surface area contributed by atoms with E-state index >= 15 is 0 Å². The molecule has 0 spiro atoms. The number of nitrogens with zero attached hydrogens (tertiary/aromatic N) is 1. The van der Waals surface area contributed by atoms with Crippen LogP contribution in [0.2, 0.25) is 0 Å². The number of anilines is 1. The van der Waals surface area contributed by atoms with Gasteiger partial charge in [-0.1, -0.05) is 12.1 Å². The average molecular weight is 228 g/mol. The zero-order chi connectivity index (χ0) is 12.3. The van der Waals surface area contributed by atoms with Gasteiger partial charge in [-0.05, 0) is 37.6 Å². The minimum Gasteiger partial charge on any atom is -0.494 e. The quantitative estimate of drug-likeness (QED) is 0.878. The van der Waals surface area contributed by atoms with Crippen LogP contribution in [0.1, 0.15) is 12.6 Å². The number of ether oxygens (including phenoxy) is 1. The van der Waals surface area contributed by atoms with Gasteiger partial charge in [-0.25, -0.2) is 0 Å². The number of hydrogen-bond donors (Lipinski definition) is 1. The number of rotatable bonds is 3. The van der Waals surface area contributed by atoms with Crippen molar-refractivity contribution in [2.45, 2.75) is 13.8 Å². The van der Waals surface area contributed by atoms with Crippen LogP contribution in [0.15, 0.2) is 36.5 Å². The van der Waals surface area contributed by atoms with E-state index in [9.17, 15) is 0 Å². The van der Waals surface area contributed by atoms with Gasteiger partial charge in [0.05, 0.1) is 18.0 Å². The van der Waals surface area contributed by atoms with E-state index in [2.05, 4.69) is 4.98 Å². The number of aromatic nitrogens is 1. The maximum atomic E-state index is 5.86. The van der Waals surface area contributed by atoms with Crippen LogP contribution in [-0.2, 0) is 0 Å². The minimum absolute atomic E-state index is 0.664. The lowest BCUT2D eigenvalue weighted by Gasteiger charge is -2.07. The SMILES string of the molecule is CCOc1cccc(-c2cnc(C)c(N)c2)c1. The van der Waals surface area contributed by atoms with E-state index in [1.807, 2.05) is 50.4 Å². The molecule has 3 heteroatoms. The summed E-state index contributed by atoms with van der Waals surface area (Å²) < 4.78 is 5.47. The topological polar surface area (TPSA) is 48.1 Å². The molecular weight excluding hydrogens is 212 g/mol. The zero-order valence-corrected chi connectivity index (χ0v) is 10.1. The van der Waals surface area contributed by atoms with Crippen molar-refractivity contribution in [1.82, 2.24) is 4.98 Å². The van der Waals surface area contributed by atoms with Gasteiger partial charge in [-0.3, -0.25) is 4.98 Å². The second-order valence-electron chi connectivity index (χ2n) is 3.86. The van der Waals surface area contributed by atoms with Crippen molar-refractivity contribution in [3.05, 3.63) is 42.2 Å². The van der Waals surface area contributed by atoms with E-state index in [0.717, 1.165) is 22.6 Å². The Bertz CT molecular complexity index is 523. The molecule has 0 fully saturated rings. The third-order valence-corrected chi connectivity index (χ3v) is 2.60. The maximum absolute atomic E-state index is 5.86. The Balaban J connectivity index is 2.38. The molecule has 0 aliphatic carbocycles. The second-order valence-corrected chi connectivity index (χ2v) is 3.86. The molecule has 1 aromatic heterocycles. The highest BCUT2D eigenvalue weighted by molar-refractivity contribution is 5.68. The van der Waals surface area contributed by atoms with Gasteiger partial charge in [0, 0.05) is 11.8 Å². The molecule has 0 aliphatic rings. The van der Waals surface area contributed by atoms with Crippen molar-refractivity contribution < 1.29 is 4.74 Å². The molecule has 2 aromatic rings. The molecule has 0 amide bonds. The highest BCUT2D eigenvalue weighted by Crippen LogP contribution is 2.25. The van der Waals surface area contributed by atoms with Crippen molar-refractivity contribution in [3.8, 4) is 16.9 Å². The van der Waals surface area contributed by atoms with Crippen LogP contribution in [0.4, 0.5) is 5.69 Å². The van der Waals surface area contributed by atoms with E-state index in [4.69, 9.17) is 10.5 Å². The summed E-state index contributed by atoms with van der Waals surface area (Å²) in [4.78, 5) is 4.26. The molecular formula is C14H16N2O. The Hall–Kier alpha value is -2.03. The number of nitrogens with two attached hydrogens (primary N) is 1. The molecule has 0 atom stereocenters. The predicted octanol–water partition coefficient (Wildman–Crippen LogP) is 3.04. The fourth-order valence-electron chi connectivity index (χ4n) is 1.64. The number of benzene rings is 1. The smallest absolute Gasteiger partial charge is 0.119 e. The maximum Gasteiger partial charge on any atom is 0.119 e. The zero-order valence-electron chi connectivity index (χ0n) is 10.1. The molecule has 3 nitrogen and oxygen atoms in total. The largest absolute Gasteiger partial charge is 0.494 e. The summed E-state index contributed by atoms with van der Waals surface area (Å²) in [6, 6.07) is 9.87. The normalized spacial score (nSPS) is 10.2. The van der Waals surface area contributed by atoms with Crippen LogP contribution in [-0.4, -0.2) is 11.6 Å². The lowest BCUT2D eigenvalue weighted by molar-refractivity contribution is 0.340. The van der Waals surface area contributed by atoms with Crippen LogP contribution in [0.3, 0.4) is 0 Å². The van der Waals surface area contributed by atoms with Crippen LogP contribution < -0.4 is 10.5 Å². The highest BCUT2D eigenvalue weighted by Gasteiger charge is 2.02. The first-order valence-corrected chi connectivity index (χ1v) is 5.66. The summed E-state index contributed by atoms with van der Waals surface area (Å²) >= 11 is 0. The molecule has 1 heterocycles. The summed E-state index contributed by atoms with van der Waals surface area (Å²) in [5.41, 5.74) is 9.50. The molecule has 2 N–H and O–H groups in total.